The fraction of sp³-hybridized carbons (Fsp3) is 0.533. The topological polar surface area (TPSA) is 78.8 Å². The van der Waals surface area contributed by atoms with Crippen molar-refractivity contribution in [3.05, 3.63) is 29.8 Å². The number of nitrogens with one attached hydrogen (secondary N) is 1. The first-order valence-corrected chi connectivity index (χ1v) is 7.07. The number of rotatable bonds is 9. The van der Waals surface area contributed by atoms with E-state index in [1.807, 2.05) is 0 Å². The lowest BCUT2D eigenvalue weighted by Gasteiger charge is -2.22. The van der Waals surface area contributed by atoms with Gasteiger partial charge in [0.1, 0.15) is 24.5 Å². The molecule has 1 rings (SSSR count). The summed E-state index contributed by atoms with van der Waals surface area (Å²) in [7, 11) is 0. The molecule has 0 heterocycles. The minimum atomic E-state index is -4.50. The fourth-order valence-electron chi connectivity index (χ4n) is 1.85. The molecule has 0 unspecified atom stereocenters. The molecule has 2 atom stereocenters. The smallest absolute Gasteiger partial charge is 0.403 e. The first-order valence-electron chi connectivity index (χ1n) is 7.07. The van der Waals surface area contributed by atoms with Gasteiger partial charge in [-0.2, -0.15) is 13.2 Å². The summed E-state index contributed by atoms with van der Waals surface area (Å²) in [6.07, 6.45) is -6.16. The van der Waals surface area contributed by atoms with E-state index in [1.54, 1.807) is 18.2 Å². The maximum Gasteiger partial charge on any atom is 0.403 e. The Morgan fingerprint density at radius 1 is 1.39 bits per heavy atom. The van der Waals surface area contributed by atoms with E-state index in [2.05, 4.69) is 5.32 Å². The number of alkyl halides is 3. The summed E-state index contributed by atoms with van der Waals surface area (Å²) in [6.45, 7) is 0.229. The monoisotopic (exact) mass is 335 g/mol. The quantitative estimate of drug-likeness (QED) is 0.597. The molecule has 8 heteroatoms. The minimum absolute atomic E-state index is 0.144. The molecule has 0 amide bonds. The Hall–Kier alpha value is -1.64. The van der Waals surface area contributed by atoms with Gasteiger partial charge in [-0.05, 0) is 25.5 Å². The van der Waals surface area contributed by atoms with Crippen LogP contribution < -0.4 is 10.1 Å². The summed E-state index contributed by atoms with van der Waals surface area (Å²) in [6, 6.07) is 4.40. The third-order valence-corrected chi connectivity index (χ3v) is 3.10. The lowest BCUT2D eigenvalue weighted by Crippen LogP contribution is -2.46. The fourth-order valence-corrected chi connectivity index (χ4v) is 1.85. The largest absolute Gasteiger partial charge is 0.491 e. The SMILES string of the molecule is CC(=O)c1cccc(OC[C@@H](O)CN[C@H](CCO)C(F)(F)F)c1. The van der Waals surface area contributed by atoms with E-state index < -0.39 is 31.3 Å². The molecule has 0 spiro atoms. The van der Waals surface area contributed by atoms with Gasteiger partial charge in [0.2, 0.25) is 0 Å². The number of ether oxygens (including phenoxy) is 1. The van der Waals surface area contributed by atoms with E-state index in [-0.39, 0.29) is 18.9 Å². The van der Waals surface area contributed by atoms with Crippen LogP contribution in [-0.2, 0) is 0 Å². The van der Waals surface area contributed by atoms with E-state index in [0.29, 0.717) is 11.3 Å². The zero-order valence-corrected chi connectivity index (χ0v) is 12.6. The molecule has 0 aliphatic heterocycles. The zero-order valence-electron chi connectivity index (χ0n) is 12.6. The molecule has 0 aliphatic carbocycles. The lowest BCUT2D eigenvalue weighted by molar-refractivity contribution is -0.160. The van der Waals surface area contributed by atoms with E-state index in [4.69, 9.17) is 9.84 Å². The van der Waals surface area contributed by atoms with E-state index in [9.17, 15) is 23.1 Å². The Bertz CT molecular complexity index is 508. The standard InChI is InChI=1S/C15H20F3NO4/c1-10(21)11-3-2-4-13(7-11)23-9-12(22)8-19-14(5-6-20)15(16,17)18/h2-4,7,12,14,19-20,22H,5-6,8-9H2,1H3/t12-,14+/m0/s1. The Labute approximate surface area is 132 Å². The average molecular weight is 335 g/mol. The first kappa shape index (κ1) is 19.4. The van der Waals surface area contributed by atoms with Crippen LogP contribution in [0.25, 0.3) is 0 Å². The molecule has 1 aromatic rings. The maximum absolute atomic E-state index is 12.6. The van der Waals surface area contributed by atoms with Crippen molar-refractivity contribution in [3.8, 4) is 5.75 Å². The summed E-state index contributed by atoms with van der Waals surface area (Å²) >= 11 is 0. The molecule has 0 bridgehead atoms. The first-order chi connectivity index (χ1) is 10.7. The average Bonchev–Trinajstić information content (AvgIpc) is 2.48. The highest BCUT2D eigenvalue weighted by Gasteiger charge is 2.38. The number of Topliss-reactive ketones (excluding diaryl/α,β-unsaturated/α-hetero) is 1. The molecular formula is C15H20F3NO4. The Morgan fingerprint density at radius 2 is 2.09 bits per heavy atom. The molecule has 0 aliphatic rings. The predicted molar refractivity (Wildman–Crippen MR) is 77.5 cm³/mol. The lowest BCUT2D eigenvalue weighted by atomic mass is 10.1. The summed E-state index contributed by atoms with van der Waals surface area (Å²) in [5.74, 6) is 0.203. The summed E-state index contributed by atoms with van der Waals surface area (Å²) < 4.78 is 43.1. The third-order valence-electron chi connectivity index (χ3n) is 3.10. The summed E-state index contributed by atoms with van der Waals surface area (Å²) in [4.78, 5) is 11.2. The molecule has 3 N–H and O–H groups in total. The van der Waals surface area contributed by atoms with Gasteiger partial charge in [-0.25, -0.2) is 0 Å². The van der Waals surface area contributed by atoms with Crippen molar-refractivity contribution in [3.63, 3.8) is 0 Å². The predicted octanol–water partition coefficient (Wildman–Crippen LogP) is 1.53. The molecule has 0 radical (unpaired) electrons. The van der Waals surface area contributed by atoms with Crippen LogP contribution in [0.3, 0.4) is 0 Å². The van der Waals surface area contributed by atoms with Crippen LogP contribution in [0, 0.1) is 0 Å². The second-order valence-electron chi connectivity index (χ2n) is 5.06. The molecule has 0 saturated carbocycles. The number of carbonyl (C=O) groups is 1. The Kier molecular flexibility index (Phi) is 7.47. The molecular weight excluding hydrogens is 315 g/mol. The van der Waals surface area contributed by atoms with Gasteiger partial charge in [0.05, 0.1) is 0 Å². The Morgan fingerprint density at radius 3 is 2.65 bits per heavy atom. The highest BCUT2D eigenvalue weighted by atomic mass is 19.4. The highest BCUT2D eigenvalue weighted by molar-refractivity contribution is 5.94. The normalized spacial score (nSPS) is 14.3. The number of benzene rings is 1. The van der Waals surface area contributed by atoms with Crippen LogP contribution in [0.4, 0.5) is 13.2 Å². The molecule has 0 aromatic heterocycles. The number of hydrogen-bond acceptors (Lipinski definition) is 5. The zero-order chi connectivity index (χ0) is 17.5. The summed E-state index contributed by atoms with van der Waals surface area (Å²) in [5, 5.41) is 20.5. The second kappa shape index (κ2) is 8.85. The number of carbonyl (C=O) groups excluding carboxylic acids is 1. The van der Waals surface area contributed by atoms with Crippen molar-refractivity contribution in [2.75, 3.05) is 19.8 Å². The maximum atomic E-state index is 12.6. The van der Waals surface area contributed by atoms with Gasteiger partial charge in [-0.15, -0.1) is 0 Å². The van der Waals surface area contributed by atoms with Crippen molar-refractivity contribution in [1.82, 2.24) is 5.32 Å². The van der Waals surface area contributed by atoms with E-state index in [1.165, 1.54) is 13.0 Å². The van der Waals surface area contributed by atoms with Gasteiger partial charge < -0.3 is 20.3 Å². The van der Waals surface area contributed by atoms with Gasteiger partial charge in [0, 0.05) is 18.7 Å². The van der Waals surface area contributed by atoms with Crippen molar-refractivity contribution in [2.24, 2.45) is 0 Å². The highest BCUT2D eigenvalue weighted by Crippen LogP contribution is 2.22. The van der Waals surface area contributed by atoms with Gasteiger partial charge in [0.15, 0.2) is 5.78 Å². The van der Waals surface area contributed by atoms with Gasteiger partial charge in [-0.3, -0.25) is 4.79 Å². The number of hydrogen-bond donors (Lipinski definition) is 3. The van der Waals surface area contributed by atoms with Crippen LogP contribution in [0.5, 0.6) is 5.75 Å². The van der Waals surface area contributed by atoms with Crippen LogP contribution in [-0.4, -0.2) is 54.1 Å². The van der Waals surface area contributed by atoms with Gasteiger partial charge in [0.25, 0.3) is 0 Å². The molecule has 23 heavy (non-hydrogen) atoms. The van der Waals surface area contributed by atoms with Crippen LogP contribution in [0.15, 0.2) is 24.3 Å². The molecule has 1 aromatic carbocycles. The number of aliphatic hydroxyl groups is 2. The van der Waals surface area contributed by atoms with Crippen LogP contribution in [0.1, 0.15) is 23.7 Å². The van der Waals surface area contributed by atoms with Gasteiger partial charge in [-0.1, -0.05) is 12.1 Å². The van der Waals surface area contributed by atoms with E-state index >= 15 is 0 Å². The van der Waals surface area contributed by atoms with Crippen molar-refractivity contribution >= 4 is 5.78 Å². The molecule has 5 nitrogen and oxygen atoms in total. The molecule has 130 valence electrons. The van der Waals surface area contributed by atoms with Crippen LogP contribution >= 0.6 is 0 Å². The number of ketones is 1. The third kappa shape index (κ3) is 6.98. The Balaban J connectivity index is 2.46. The van der Waals surface area contributed by atoms with Gasteiger partial charge >= 0.3 is 6.18 Å². The molecule has 0 fully saturated rings. The van der Waals surface area contributed by atoms with Crippen molar-refractivity contribution in [1.29, 1.82) is 0 Å². The van der Waals surface area contributed by atoms with Crippen molar-refractivity contribution < 1.29 is 32.9 Å². The minimum Gasteiger partial charge on any atom is -0.491 e. The number of aliphatic hydroxyl groups excluding tert-OH is 2. The van der Waals surface area contributed by atoms with Crippen LogP contribution in [0.2, 0.25) is 0 Å². The number of halogens is 3. The summed E-state index contributed by atoms with van der Waals surface area (Å²) in [5.41, 5.74) is 0.440. The van der Waals surface area contributed by atoms with E-state index in [0.717, 1.165) is 0 Å². The second-order valence-corrected chi connectivity index (χ2v) is 5.06. The molecule has 0 saturated heterocycles. The van der Waals surface area contributed by atoms with Crippen molar-refractivity contribution in [2.45, 2.75) is 31.7 Å².